The Morgan fingerprint density at radius 1 is 0.790 bits per heavy atom. The van der Waals surface area contributed by atoms with Crippen molar-refractivity contribution in [3.63, 3.8) is 0 Å². The van der Waals surface area contributed by atoms with Crippen LogP contribution in [0.15, 0.2) is 84.7 Å². The lowest BCUT2D eigenvalue weighted by Gasteiger charge is -2.39. The number of nitrogens with one attached hydrogen (secondary N) is 2. The van der Waals surface area contributed by atoms with Gasteiger partial charge in [-0.1, -0.05) is 50.2 Å². The van der Waals surface area contributed by atoms with E-state index in [-0.39, 0.29) is 66.9 Å². The number of nitrogens with zero attached hydrogens (tertiary/aromatic N) is 4. The number of allylic oxidation sites excluding steroid dienone is 2. The fraction of sp³-hybridized carbons (Fsp3) is 0.426. The molecular formula is C47H59FN8O6. The molecule has 330 valence electrons. The number of methoxy groups -OCH3 is 1. The number of likely N-dealkylation sites (tertiary alicyclic amines) is 2. The third-order valence-corrected chi connectivity index (χ3v) is 11.8. The summed E-state index contributed by atoms with van der Waals surface area (Å²) < 4.78 is 26.8. The summed E-state index contributed by atoms with van der Waals surface area (Å²) in [6, 6.07) is 17.8. The highest BCUT2D eigenvalue weighted by molar-refractivity contribution is 6.09. The van der Waals surface area contributed by atoms with Crippen LogP contribution in [-0.4, -0.2) is 133 Å². The van der Waals surface area contributed by atoms with E-state index in [2.05, 4.69) is 10.2 Å². The van der Waals surface area contributed by atoms with Crippen molar-refractivity contribution < 1.29 is 33.0 Å². The number of carbonyl (C=O) groups is 4. The lowest BCUT2D eigenvalue weighted by molar-refractivity contribution is -0.138. The minimum Gasteiger partial charge on any atom is -0.497 e. The topological polar surface area (TPSA) is 188 Å². The molecule has 4 aliphatic rings. The van der Waals surface area contributed by atoms with Crippen LogP contribution >= 0.6 is 0 Å². The standard InChI is InChI=1S/C45H53FN8O6.C2H6/c1-59-34-6-4-5-30(25-34)31-26-40(48)42(50-27-31)45(58)53-17-13-33(14-18-53)60-32-11-15-51(16-12-32)28-41(55)52-19-21-54(22-20-52)44(57)37-23-29(9-10-38(37)46)24-39(47)35-7-2-3-8-36(35)43(49)56;1-2/h2-10,23,25-27,32-33,42,47,50H,11-22,24,28,48H2,1H3,(H2,49,56);1-2H3. The maximum atomic E-state index is 15.0. The summed E-state index contributed by atoms with van der Waals surface area (Å²) in [6.45, 7) is 8.19. The zero-order chi connectivity index (χ0) is 44.3. The molecule has 0 bridgehead atoms. The van der Waals surface area contributed by atoms with Crippen molar-refractivity contribution in [1.29, 1.82) is 5.41 Å². The van der Waals surface area contributed by atoms with E-state index in [9.17, 15) is 23.6 Å². The molecule has 0 saturated carbocycles. The monoisotopic (exact) mass is 850 g/mol. The number of ether oxygens (including phenoxy) is 2. The molecule has 14 nitrogen and oxygen atoms in total. The fourth-order valence-electron chi connectivity index (χ4n) is 8.35. The minimum atomic E-state index is -0.659. The Morgan fingerprint density at radius 2 is 1.44 bits per heavy atom. The lowest BCUT2D eigenvalue weighted by Crippen LogP contribution is -2.53. The van der Waals surface area contributed by atoms with Crippen molar-refractivity contribution in [1.82, 2.24) is 24.9 Å². The van der Waals surface area contributed by atoms with Crippen LogP contribution < -0.4 is 21.5 Å². The van der Waals surface area contributed by atoms with E-state index in [1.165, 1.54) is 18.2 Å². The summed E-state index contributed by atoms with van der Waals surface area (Å²) in [6.07, 6.45) is 7.02. The zero-order valence-corrected chi connectivity index (χ0v) is 35.9. The smallest absolute Gasteiger partial charge is 0.256 e. The molecule has 0 aromatic heterocycles. The van der Waals surface area contributed by atoms with Gasteiger partial charge in [0.2, 0.25) is 11.8 Å². The third-order valence-electron chi connectivity index (χ3n) is 11.8. The summed E-state index contributed by atoms with van der Waals surface area (Å²) in [5.74, 6) is -1.08. The molecular weight excluding hydrogens is 792 g/mol. The minimum absolute atomic E-state index is 0.00335. The van der Waals surface area contributed by atoms with Crippen LogP contribution in [0.3, 0.4) is 0 Å². The average molecular weight is 851 g/mol. The summed E-state index contributed by atoms with van der Waals surface area (Å²) in [5.41, 5.74) is 15.4. The van der Waals surface area contributed by atoms with Gasteiger partial charge in [0.15, 0.2) is 0 Å². The van der Waals surface area contributed by atoms with Crippen LogP contribution in [0.4, 0.5) is 4.39 Å². The van der Waals surface area contributed by atoms with Gasteiger partial charge in [0.05, 0.1) is 31.4 Å². The van der Waals surface area contributed by atoms with E-state index < -0.39 is 23.7 Å². The molecule has 0 aliphatic carbocycles. The van der Waals surface area contributed by atoms with E-state index in [0.717, 1.165) is 55.7 Å². The first-order chi connectivity index (χ1) is 30.0. The van der Waals surface area contributed by atoms with E-state index in [4.69, 9.17) is 26.4 Å². The van der Waals surface area contributed by atoms with Crippen LogP contribution in [0, 0.1) is 11.2 Å². The average Bonchev–Trinajstić information content (AvgIpc) is 3.30. The van der Waals surface area contributed by atoms with Gasteiger partial charge in [0.25, 0.3) is 11.8 Å². The van der Waals surface area contributed by atoms with Crippen LogP contribution in [0.2, 0.25) is 0 Å². The number of dihydropyridines is 1. The van der Waals surface area contributed by atoms with Gasteiger partial charge in [-0.2, -0.15) is 0 Å². The molecule has 0 radical (unpaired) electrons. The Labute approximate surface area is 363 Å². The van der Waals surface area contributed by atoms with Crippen molar-refractivity contribution in [2.75, 3.05) is 66.0 Å². The Morgan fingerprint density at radius 3 is 2.08 bits per heavy atom. The predicted molar refractivity (Wildman–Crippen MR) is 236 cm³/mol. The van der Waals surface area contributed by atoms with E-state index in [1.807, 2.05) is 55.3 Å². The lowest BCUT2D eigenvalue weighted by atomic mass is 9.96. The predicted octanol–water partition coefficient (Wildman–Crippen LogP) is 4.18. The van der Waals surface area contributed by atoms with Crippen LogP contribution in [0.1, 0.15) is 76.9 Å². The van der Waals surface area contributed by atoms with Gasteiger partial charge >= 0.3 is 0 Å². The van der Waals surface area contributed by atoms with Crippen LogP contribution in [-0.2, 0) is 20.7 Å². The van der Waals surface area contributed by atoms with Crippen LogP contribution in [0.5, 0.6) is 5.75 Å². The van der Waals surface area contributed by atoms with Gasteiger partial charge in [-0.25, -0.2) is 4.39 Å². The highest BCUT2D eigenvalue weighted by Crippen LogP contribution is 2.26. The third kappa shape index (κ3) is 11.1. The normalized spacial score (nSPS) is 18.7. The Hall–Kier alpha value is -6.06. The number of rotatable bonds is 12. The van der Waals surface area contributed by atoms with Gasteiger partial charge in [0, 0.05) is 87.5 Å². The number of piperazine rings is 1. The molecule has 3 aromatic carbocycles. The Kier molecular flexibility index (Phi) is 15.5. The fourth-order valence-corrected chi connectivity index (χ4v) is 8.35. The molecule has 0 spiro atoms. The highest BCUT2D eigenvalue weighted by Gasteiger charge is 2.33. The summed E-state index contributed by atoms with van der Waals surface area (Å²) in [5, 5.41) is 11.8. The molecule has 1 unspecified atom stereocenters. The molecule has 3 aromatic rings. The second-order valence-corrected chi connectivity index (χ2v) is 15.8. The molecule has 3 fully saturated rings. The first kappa shape index (κ1) is 45.5. The number of benzene rings is 3. The van der Waals surface area contributed by atoms with E-state index in [1.54, 1.807) is 41.2 Å². The number of carbonyl (C=O) groups excluding carboxylic acids is 4. The molecule has 4 aliphatic heterocycles. The number of piperidine rings is 2. The van der Waals surface area contributed by atoms with Gasteiger partial charge < -0.3 is 46.4 Å². The molecule has 7 rings (SSSR count). The van der Waals surface area contributed by atoms with E-state index in [0.29, 0.717) is 43.0 Å². The Bertz CT molecular complexity index is 2170. The highest BCUT2D eigenvalue weighted by atomic mass is 19.1. The van der Waals surface area contributed by atoms with Crippen molar-refractivity contribution in [3.05, 3.63) is 118 Å². The number of hydrogen-bond acceptors (Lipinski definition) is 10. The van der Waals surface area contributed by atoms with Gasteiger partial charge in [-0.05, 0) is 78.8 Å². The zero-order valence-electron chi connectivity index (χ0n) is 35.9. The van der Waals surface area contributed by atoms with Gasteiger partial charge in [-0.15, -0.1) is 0 Å². The summed E-state index contributed by atoms with van der Waals surface area (Å²) in [7, 11) is 1.62. The number of halogens is 1. The molecule has 15 heteroatoms. The largest absolute Gasteiger partial charge is 0.497 e. The van der Waals surface area contributed by atoms with Crippen molar-refractivity contribution >= 4 is 34.9 Å². The SMILES string of the molecule is CC.COc1cccc(C2=CNC(C(=O)N3CCC(OC4CCN(CC(=O)N5CCN(C(=O)c6cc(CC(=N)c7ccccc7C(N)=O)ccc6F)CC5)CC4)CC3)C(N)=C2)c1. The summed E-state index contributed by atoms with van der Waals surface area (Å²) in [4.78, 5) is 59.4. The molecule has 62 heavy (non-hydrogen) atoms. The maximum absolute atomic E-state index is 15.0. The quantitative estimate of drug-likeness (QED) is 0.194. The summed E-state index contributed by atoms with van der Waals surface area (Å²) >= 11 is 0. The van der Waals surface area contributed by atoms with Crippen LogP contribution in [0.25, 0.3) is 5.57 Å². The number of hydrogen-bond donors (Lipinski definition) is 4. The van der Waals surface area contributed by atoms with E-state index >= 15 is 0 Å². The first-order valence-corrected chi connectivity index (χ1v) is 21.5. The molecule has 4 heterocycles. The molecule has 4 amide bonds. The molecule has 6 N–H and O–H groups in total. The second kappa shape index (κ2) is 21.1. The second-order valence-electron chi connectivity index (χ2n) is 15.8. The Balaban J connectivity index is 0.00000316. The van der Waals surface area contributed by atoms with Gasteiger partial charge in [0.1, 0.15) is 17.6 Å². The number of primary amides is 1. The van der Waals surface area contributed by atoms with Crippen molar-refractivity contribution in [3.8, 4) is 5.75 Å². The number of nitrogens with two attached hydrogens (primary N) is 2. The van der Waals surface area contributed by atoms with Crippen molar-refractivity contribution in [2.24, 2.45) is 11.5 Å². The van der Waals surface area contributed by atoms with Crippen molar-refractivity contribution in [2.45, 2.75) is 64.2 Å². The maximum Gasteiger partial charge on any atom is 0.256 e. The number of amides is 4. The molecule has 3 saturated heterocycles. The van der Waals surface area contributed by atoms with Gasteiger partial charge in [-0.3, -0.25) is 24.1 Å². The first-order valence-electron chi connectivity index (χ1n) is 21.5. The molecule has 1 atom stereocenters.